The van der Waals surface area contributed by atoms with Crippen LogP contribution in [0, 0.1) is 6.92 Å². The van der Waals surface area contributed by atoms with Crippen molar-refractivity contribution in [2.75, 3.05) is 6.61 Å². The number of thioether (sulfide) groups is 1. The number of aromatic amines is 1. The molecule has 0 fully saturated rings. The molecule has 0 spiro atoms. The highest BCUT2D eigenvalue weighted by Gasteiger charge is 2.28. The third kappa shape index (κ3) is 4.47. The van der Waals surface area contributed by atoms with Gasteiger partial charge < -0.3 is 14.8 Å². The topological polar surface area (TPSA) is 71.0 Å². The van der Waals surface area contributed by atoms with Gasteiger partial charge in [0.05, 0.1) is 23.3 Å². The lowest BCUT2D eigenvalue weighted by molar-refractivity contribution is -0.153. The smallest absolute Gasteiger partial charge is 0.422 e. The minimum atomic E-state index is -4.38. The number of alkyl halides is 3. The summed E-state index contributed by atoms with van der Waals surface area (Å²) in [6, 6.07) is 6.87. The number of aliphatic hydroxyl groups is 1. The lowest BCUT2D eigenvalue weighted by Gasteiger charge is -2.13. The van der Waals surface area contributed by atoms with Gasteiger partial charge in [0, 0.05) is 17.5 Å². The summed E-state index contributed by atoms with van der Waals surface area (Å²) < 4.78 is 41.8. The Morgan fingerprint density at radius 2 is 2.08 bits per heavy atom. The van der Waals surface area contributed by atoms with E-state index in [1.807, 2.05) is 12.1 Å². The summed E-state index contributed by atoms with van der Waals surface area (Å²) in [7, 11) is 0. The molecule has 3 aromatic rings. The lowest BCUT2D eigenvalue weighted by Crippen LogP contribution is -2.19. The normalized spacial score (nSPS) is 11.9. The van der Waals surface area contributed by atoms with Gasteiger partial charge in [0.15, 0.2) is 11.8 Å². The number of ether oxygens (including phenoxy) is 1. The molecular formula is C17H16F3N3O2S. The second-order valence-electron chi connectivity index (χ2n) is 5.62. The molecule has 0 unspecified atom stereocenters. The highest BCUT2D eigenvalue weighted by atomic mass is 32.2. The number of benzene rings is 1. The third-order valence-electron chi connectivity index (χ3n) is 3.70. The molecule has 138 valence electrons. The van der Waals surface area contributed by atoms with Crippen LogP contribution in [-0.2, 0) is 12.4 Å². The number of hydrogen-bond acceptors (Lipinski definition) is 5. The van der Waals surface area contributed by atoms with E-state index in [0.717, 1.165) is 16.6 Å². The van der Waals surface area contributed by atoms with E-state index in [-0.39, 0.29) is 12.4 Å². The lowest BCUT2D eigenvalue weighted by atomic mass is 10.2. The van der Waals surface area contributed by atoms with E-state index in [4.69, 9.17) is 4.74 Å². The zero-order chi connectivity index (χ0) is 18.7. The first-order chi connectivity index (χ1) is 12.4. The number of imidazole rings is 1. The van der Waals surface area contributed by atoms with Crippen LogP contribution in [0.5, 0.6) is 5.75 Å². The van der Waals surface area contributed by atoms with Crippen molar-refractivity contribution in [2.45, 2.75) is 30.6 Å². The van der Waals surface area contributed by atoms with Gasteiger partial charge in [-0.15, -0.1) is 0 Å². The summed E-state index contributed by atoms with van der Waals surface area (Å²) in [5.74, 6) is 0.604. The number of hydrogen-bond donors (Lipinski definition) is 2. The molecule has 0 saturated carbocycles. The maximum absolute atomic E-state index is 12.3. The van der Waals surface area contributed by atoms with Crippen LogP contribution in [0.4, 0.5) is 13.2 Å². The number of nitrogens with zero attached hydrogens (tertiary/aromatic N) is 2. The van der Waals surface area contributed by atoms with Crippen LogP contribution in [0.3, 0.4) is 0 Å². The van der Waals surface area contributed by atoms with Gasteiger partial charge >= 0.3 is 6.18 Å². The van der Waals surface area contributed by atoms with Crippen molar-refractivity contribution < 1.29 is 23.0 Å². The highest BCUT2D eigenvalue weighted by Crippen LogP contribution is 2.28. The largest absolute Gasteiger partial charge is 0.484 e. The number of aromatic nitrogens is 3. The summed E-state index contributed by atoms with van der Waals surface area (Å²) in [4.78, 5) is 11.8. The summed E-state index contributed by atoms with van der Waals surface area (Å²) in [5, 5.41) is 9.84. The minimum absolute atomic E-state index is 0.0564. The molecule has 9 heteroatoms. The van der Waals surface area contributed by atoms with Crippen molar-refractivity contribution >= 4 is 22.8 Å². The predicted molar refractivity (Wildman–Crippen MR) is 92.1 cm³/mol. The summed E-state index contributed by atoms with van der Waals surface area (Å²) in [6.07, 6.45) is -2.95. The molecule has 2 aromatic heterocycles. The maximum Gasteiger partial charge on any atom is 0.422 e. The van der Waals surface area contributed by atoms with Crippen molar-refractivity contribution in [1.29, 1.82) is 0 Å². The Balaban J connectivity index is 1.71. The fourth-order valence-electron chi connectivity index (χ4n) is 2.35. The zero-order valence-corrected chi connectivity index (χ0v) is 14.6. The van der Waals surface area contributed by atoms with Gasteiger partial charge in [-0.05, 0) is 30.7 Å². The predicted octanol–water partition coefficient (Wildman–Crippen LogP) is 3.99. The highest BCUT2D eigenvalue weighted by molar-refractivity contribution is 7.98. The quantitative estimate of drug-likeness (QED) is 0.630. The van der Waals surface area contributed by atoms with Crippen LogP contribution >= 0.6 is 11.8 Å². The molecular weight excluding hydrogens is 367 g/mol. The van der Waals surface area contributed by atoms with Crippen molar-refractivity contribution in [3.63, 3.8) is 0 Å². The first-order valence-electron chi connectivity index (χ1n) is 7.72. The summed E-state index contributed by atoms with van der Waals surface area (Å²) in [6.45, 7) is 0.293. The Hall–Kier alpha value is -2.26. The Kier molecular flexibility index (Phi) is 5.38. The van der Waals surface area contributed by atoms with Crippen LogP contribution in [0.15, 0.2) is 35.6 Å². The number of halogens is 3. The molecule has 2 N–H and O–H groups in total. The molecule has 0 amide bonds. The number of aliphatic hydroxyl groups excluding tert-OH is 1. The molecule has 0 bridgehead atoms. The van der Waals surface area contributed by atoms with Gasteiger partial charge in [-0.3, -0.25) is 4.98 Å². The number of H-pyrrole nitrogens is 1. The molecule has 2 heterocycles. The van der Waals surface area contributed by atoms with Gasteiger partial charge in [0.2, 0.25) is 0 Å². The zero-order valence-electron chi connectivity index (χ0n) is 13.8. The molecule has 3 rings (SSSR count). The fourth-order valence-corrected chi connectivity index (χ4v) is 3.26. The summed E-state index contributed by atoms with van der Waals surface area (Å²) in [5.41, 5.74) is 3.56. The van der Waals surface area contributed by atoms with Gasteiger partial charge in [-0.2, -0.15) is 13.2 Å². The van der Waals surface area contributed by atoms with Crippen molar-refractivity contribution in [1.82, 2.24) is 15.0 Å². The van der Waals surface area contributed by atoms with Crippen molar-refractivity contribution in [3.05, 3.63) is 47.3 Å². The van der Waals surface area contributed by atoms with E-state index >= 15 is 0 Å². The molecule has 26 heavy (non-hydrogen) atoms. The standard InChI is InChI=1S/C17H16F3N3O2S/c1-10-14(21-5-4-15(10)25-9-17(18,19)20)8-26-16-22-12-3-2-11(7-24)6-13(12)23-16/h2-6,24H,7-9H2,1H3,(H,22,23). The number of pyridine rings is 1. The number of fused-ring (bicyclic) bond motifs is 1. The Bertz CT molecular complexity index is 912. The first kappa shape index (κ1) is 18.5. The fraction of sp³-hybridized carbons (Fsp3) is 0.294. The van der Waals surface area contributed by atoms with Crippen molar-refractivity contribution in [3.8, 4) is 5.75 Å². The maximum atomic E-state index is 12.3. The molecule has 5 nitrogen and oxygen atoms in total. The van der Waals surface area contributed by atoms with Gasteiger partial charge in [0.1, 0.15) is 5.75 Å². The van der Waals surface area contributed by atoms with Crippen LogP contribution in [0.25, 0.3) is 11.0 Å². The Morgan fingerprint density at radius 3 is 2.81 bits per heavy atom. The molecule has 0 aliphatic rings. The Morgan fingerprint density at radius 1 is 1.27 bits per heavy atom. The van der Waals surface area contributed by atoms with E-state index in [1.165, 1.54) is 24.0 Å². The van der Waals surface area contributed by atoms with Gasteiger partial charge in [-0.25, -0.2) is 4.98 Å². The van der Waals surface area contributed by atoms with E-state index in [2.05, 4.69) is 15.0 Å². The van der Waals surface area contributed by atoms with Crippen LogP contribution in [0.1, 0.15) is 16.8 Å². The second-order valence-corrected chi connectivity index (χ2v) is 6.59. The molecule has 0 saturated heterocycles. The van der Waals surface area contributed by atoms with E-state index in [1.54, 1.807) is 13.0 Å². The molecule has 0 radical (unpaired) electrons. The van der Waals surface area contributed by atoms with E-state index in [0.29, 0.717) is 22.2 Å². The first-order valence-corrected chi connectivity index (χ1v) is 8.70. The van der Waals surface area contributed by atoms with Crippen LogP contribution < -0.4 is 4.74 Å². The number of nitrogens with one attached hydrogen (secondary N) is 1. The van der Waals surface area contributed by atoms with E-state index < -0.39 is 12.8 Å². The van der Waals surface area contributed by atoms with Gasteiger partial charge in [-0.1, -0.05) is 17.8 Å². The molecule has 0 atom stereocenters. The minimum Gasteiger partial charge on any atom is -0.484 e. The van der Waals surface area contributed by atoms with Crippen molar-refractivity contribution in [2.24, 2.45) is 0 Å². The summed E-state index contributed by atoms with van der Waals surface area (Å²) >= 11 is 1.39. The number of rotatable bonds is 6. The Labute approximate surface area is 151 Å². The van der Waals surface area contributed by atoms with Gasteiger partial charge in [0.25, 0.3) is 0 Å². The molecule has 1 aromatic carbocycles. The average Bonchev–Trinajstić information content (AvgIpc) is 3.00. The average molecular weight is 383 g/mol. The monoisotopic (exact) mass is 383 g/mol. The third-order valence-corrected chi connectivity index (χ3v) is 4.59. The van der Waals surface area contributed by atoms with Crippen LogP contribution in [-0.4, -0.2) is 32.8 Å². The van der Waals surface area contributed by atoms with E-state index in [9.17, 15) is 18.3 Å². The SMILES string of the molecule is Cc1c(OCC(F)(F)F)ccnc1CSc1nc2cc(CO)ccc2[nH]1. The molecule has 0 aliphatic carbocycles. The van der Waals surface area contributed by atoms with Crippen LogP contribution in [0.2, 0.25) is 0 Å². The second kappa shape index (κ2) is 7.55. The molecule has 0 aliphatic heterocycles.